The molecule has 0 aliphatic carbocycles. The Morgan fingerprint density at radius 1 is 1.57 bits per heavy atom. The number of rotatable bonds is 2. The van der Waals surface area contributed by atoms with E-state index in [0.717, 1.165) is 28.0 Å². The van der Waals surface area contributed by atoms with Gasteiger partial charge in [0.2, 0.25) is 0 Å². The molecule has 4 heteroatoms. The van der Waals surface area contributed by atoms with Crippen molar-refractivity contribution in [2.75, 3.05) is 0 Å². The highest BCUT2D eigenvalue weighted by molar-refractivity contribution is 7.16. The second kappa shape index (κ2) is 3.55. The topological polar surface area (TPSA) is 56.2 Å². The van der Waals surface area contributed by atoms with Gasteiger partial charge in [0.1, 0.15) is 5.58 Å². The molecule has 2 aromatic rings. The van der Waals surface area contributed by atoms with Crippen LogP contribution in [0.4, 0.5) is 0 Å². The number of hydrogen-bond donors (Lipinski definition) is 1. The maximum atomic E-state index is 11.0. The van der Waals surface area contributed by atoms with E-state index >= 15 is 0 Å². The Morgan fingerprint density at radius 3 is 3.07 bits per heavy atom. The Balaban J connectivity index is 2.58. The number of hydrogen-bond acceptors (Lipinski definition) is 4. The van der Waals surface area contributed by atoms with Gasteiger partial charge in [-0.05, 0) is 25.0 Å². The Bertz CT molecular complexity index is 498. The normalized spacial score (nSPS) is 13.3. The van der Waals surface area contributed by atoms with Gasteiger partial charge in [-0.25, -0.2) is 4.79 Å². The van der Waals surface area contributed by atoms with Crippen LogP contribution < -0.4 is 10.7 Å². The third-order valence-electron chi connectivity index (χ3n) is 1.98. The minimum Gasteiger partial charge on any atom is -0.414 e. The van der Waals surface area contributed by atoms with Crippen LogP contribution in [0.5, 0.6) is 0 Å². The lowest BCUT2D eigenvalue weighted by molar-refractivity contribution is 0.585. The van der Waals surface area contributed by atoms with E-state index in [2.05, 4.69) is 0 Å². The zero-order valence-electron chi connectivity index (χ0n) is 7.82. The lowest BCUT2D eigenvalue weighted by Gasteiger charge is -2.04. The molecule has 0 aliphatic rings. The summed E-state index contributed by atoms with van der Waals surface area (Å²) in [7, 11) is 0. The Kier molecular flexibility index (Phi) is 2.39. The molecule has 0 radical (unpaired) electrons. The molecule has 0 fully saturated rings. The highest BCUT2D eigenvalue weighted by atomic mass is 32.1. The van der Waals surface area contributed by atoms with Crippen LogP contribution in [0.2, 0.25) is 0 Å². The van der Waals surface area contributed by atoms with Gasteiger partial charge in [0.25, 0.3) is 0 Å². The molecule has 2 N–H and O–H groups in total. The van der Waals surface area contributed by atoms with E-state index in [9.17, 15) is 4.79 Å². The van der Waals surface area contributed by atoms with Crippen molar-refractivity contribution in [3.63, 3.8) is 0 Å². The molecular weight excluding hydrogens is 198 g/mol. The summed E-state index contributed by atoms with van der Waals surface area (Å²) in [5.41, 5.74) is 7.47. The molecule has 14 heavy (non-hydrogen) atoms. The van der Waals surface area contributed by atoms with Crippen LogP contribution in [0.15, 0.2) is 27.4 Å². The van der Waals surface area contributed by atoms with Crippen molar-refractivity contribution in [3.05, 3.63) is 33.5 Å². The van der Waals surface area contributed by atoms with E-state index in [1.54, 1.807) is 6.07 Å². The fraction of sp³-hybridized carbons (Fsp3) is 0.300. The molecule has 1 heterocycles. The summed E-state index contributed by atoms with van der Waals surface area (Å²) in [5, 5.41) is 0. The Labute approximate surface area is 85.2 Å². The number of nitrogens with two attached hydrogens (primary N) is 1. The third-order valence-corrected chi connectivity index (χ3v) is 2.90. The summed E-state index contributed by atoms with van der Waals surface area (Å²) in [6.07, 6.45) is 0.771. The fourth-order valence-electron chi connectivity index (χ4n) is 1.46. The molecular formula is C10H11NO2S. The molecule has 1 atom stereocenters. The van der Waals surface area contributed by atoms with E-state index in [1.165, 1.54) is 0 Å². The molecule has 2 rings (SSSR count). The third kappa shape index (κ3) is 1.71. The van der Waals surface area contributed by atoms with Crippen molar-refractivity contribution in [2.45, 2.75) is 19.4 Å². The monoisotopic (exact) mass is 209 g/mol. The van der Waals surface area contributed by atoms with Gasteiger partial charge in [0, 0.05) is 6.04 Å². The maximum Gasteiger partial charge on any atom is 0.396 e. The summed E-state index contributed by atoms with van der Waals surface area (Å²) in [4.78, 5) is 10.8. The van der Waals surface area contributed by atoms with E-state index in [4.69, 9.17) is 10.2 Å². The average molecular weight is 209 g/mol. The van der Waals surface area contributed by atoms with Crippen molar-refractivity contribution in [1.29, 1.82) is 0 Å². The Morgan fingerprint density at radius 2 is 2.36 bits per heavy atom. The molecule has 3 nitrogen and oxygen atoms in total. The van der Waals surface area contributed by atoms with E-state index in [1.807, 2.05) is 19.1 Å². The van der Waals surface area contributed by atoms with Crippen LogP contribution in [0, 0.1) is 0 Å². The van der Waals surface area contributed by atoms with Crippen LogP contribution in [0.1, 0.15) is 12.5 Å². The summed E-state index contributed by atoms with van der Waals surface area (Å²) in [5.74, 6) is 0. The minimum absolute atomic E-state index is 0.0952. The lowest BCUT2D eigenvalue weighted by Crippen LogP contribution is -2.17. The smallest absolute Gasteiger partial charge is 0.396 e. The van der Waals surface area contributed by atoms with Crippen molar-refractivity contribution in [2.24, 2.45) is 5.73 Å². The standard InChI is InChI=1S/C10H11NO2S/c1-6(11)5-7-3-2-4-8-9(7)14-10(12)13-8/h2-4,6H,5,11H2,1H3. The molecule has 1 aromatic heterocycles. The largest absolute Gasteiger partial charge is 0.414 e. The summed E-state index contributed by atoms with van der Waals surface area (Å²) < 4.78 is 5.94. The zero-order chi connectivity index (χ0) is 10.1. The Hall–Kier alpha value is -1.13. The van der Waals surface area contributed by atoms with Gasteiger partial charge in [0.05, 0.1) is 4.70 Å². The minimum atomic E-state index is -0.253. The predicted octanol–water partition coefficient (Wildman–Crippen LogP) is 1.74. The number of fused-ring (bicyclic) bond motifs is 1. The first kappa shape index (κ1) is 9.43. The SMILES string of the molecule is CC(N)Cc1cccc2oc(=O)sc12. The molecule has 0 saturated heterocycles. The maximum absolute atomic E-state index is 11.0. The van der Waals surface area contributed by atoms with E-state index in [-0.39, 0.29) is 11.0 Å². The number of benzene rings is 1. The van der Waals surface area contributed by atoms with E-state index < -0.39 is 0 Å². The van der Waals surface area contributed by atoms with Crippen LogP contribution in [-0.4, -0.2) is 6.04 Å². The van der Waals surface area contributed by atoms with Gasteiger partial charge in [-0.15, -0.1) is 0 Å². The molecule has 0 amide bonds. The van der Waals surface area contributed by atoms with Crippen LogP contribution in [0.25, 0.3) is 10.3 Å². The summed E-state index contributed by atoms with van der Waals surface area (Å²) in [6.45, 7) is 1.95. The van der Waals surface area contributed by atoms with Gasteiger partial charge < -0.3 is 10.2 Å². The molecule has 1 aromatic carbocycles. The van der Waals surface area contributed by atoms with Gasteiger partial charge in [0.15, 0.2) is 0 Å². The summed E-state index contributed by atoms with van der Waals surface area (Å²) in [6, 6.07) is 5.77. The second-order valence-corrected chi connectivity index (χ2v) is 4.33. The van der Waals surface area contributed by atoms with Gasteiger partial charge in [-0.2, -0.15) is 0 Å². The average Bonchev–Trinajstić information content (AvgIpc) is 2.45. The first-order valence-corrected chi connectivity index (χ1v) is 5.25. The predicted molar refractivity (Wildman–Crippen MR) is 57.7 cm³/mol. The van der Waals surface area contributed by atoms with Crippen LogP contribution in [-0.2, 0) is 6.42 Å². The van der Waals surface area contributed by atoms with Crippen molar-refractivity contribution in [1.82, 2.24) is 0 Å². The van der Waals surface area contributed by atoms with Crippen molar-refractivity contribution >= 4 is 21.6 Å². The van der Waals surface area contributed by atoms with Crippen LogP contribution in [0.3, 0.4) is 0 Å². The first-order valence-electron chi connectivity index (χ1n) is 4.44. The first-order chi connectivity index (χ1) is 6.66. The van der Waals surface area contributed by atoms with Crippen molar-refractivity contribution in [3.8, 4) is 0 Å². The molecule has 1 unspecified atom stereocenters. The molecule has 74 valence electrons. The molecule has 0 spiro atoms. The van der Waals surface area contributed by atoms with Gasteiger partial charge in [-0.3, -0.25) is 0 Å². The zero-order valence-corrected chi connectivity index (χ0v) is 8.64. The highest BCUT2D eigenvalue weighted by Crippen LogP contribution is 2.22. The van der Waals surface area contributed by atoms with Crippen molar-refractivity contribution < 1.29 is 4.42 Å². The van der Waals surface area contributed by atoms with Gasteiger partial charge in [-0.1, -0.05) is 23.5 Å². The fourth-order valence-corrected chi connectivity index (χ4v) is 2.25. The quantitative estimate of drug-likeness (QED) is 0.819. The van der Waals surface area contributed by atoms with Gasteiger partial charge >= 0.3 is 4.94 Å². The second-order valence-electron chi connectivity index (χ2n) is 3.38. The highest BCUT2D eigenvalue weighted by Gasteiger charge is 2.07. The summed E-state index contributed by atoms with van der Waals surface area (Å²) >= 11 is 1.14. The molecule has 0 aliphatic heterocycles. The van der Waals surface area contributed by atoms with E-state index in [0.29, 0.717) is 5.58 Å². The van der Waals surface area contributed by atoms with Crippen LogP contribution >= 0.6 is 11.3 Å². The lowest BCUT2D eigenvalue weighted by atomic mass is 10.1. The molecule has 0 saturated carbocycles. The molecule has 0 bridgehead atoms.